The van der Waals surface area contributed by atoms with Gasteiger partial charge in [0.25, 0.3) is 0 Å². The van der Waals surface area contributed by atoms with Crippen molar-refractivity contribution < 1.29 is 18.5 Å². The predicted octanol–water partition coefficient (Wildman–Crippen LogP) is 3.43. The molecule has 0 aliphatic rings. The van der Waals surface area contributed by atoms with Crippen molar-refractivity contribution in [2.75, 3.05) is 6.61 Å². The van der Waals surface area contributed by atoms with Gasteiger partial charge in [-0.05, 0) is 19.1 Å². The highest BCUT2D eigenvalue weighted by atomic mass is 16.5. The molecule has 0 saturated heterocycles. The summed E-state index contributed by atoms with van der Waals surface area (Å²) in [7, 11) is 0. The molecule has 5 heteroatoms. The first-order valence-electron chi connectivity index (χ1n) is 7.74. The standard InChI is InChI=1S/C19H15N2O3/c1-2-23-19(22)18-14(21-10-6-3-7-11-21)12-16-17(20-18)13-8-4-5-9-15(13)24-16/h3-12H,2H2,1H3/q+1. The second-order valence-electron chi connectivity index (χ2n) is 5.30. The van der Waals surface area contributed by atoms with Gasteiger partial charge in [-0.25, -0.2) is 9.78 Å². The Balaban J connectivity index is 2.03. The van der Waals surface area contributed by atoms with E-state index in [1.54, 1.807) is 6.92 Å². The van der Waals surface area contributed by atoms with Crippen LogP contribution < -0.4 is 4.57 Å². The third-order valence-corrected chi connectivity index (χ3v) is 3.79. The quantitative estimate of drug-likeness (QED) is 0.429. The van der Waals surface area contributed by atoms with Gasteiger partial charge in [-0.15, -0.1) is 0 Å². The number of carbonyl (C=O) groups is 1. The van der Waals surface area contributed by atoms with Gasteiger partial charge in [0.2, 0.25) is 11.4 Å². The highest BCUT2D eigenvalue weighted by molar-refractivity contribution is 6.05. The van der Waals surface area contributed by atoms with Crippen molar-refractivity contribution in [3.05, 3.63) is 66.6 Å². The number of aromatic nitrogens is 2. The van der Waals surface area contributed by atoms with Gasteiger partial charge >= 0.3 is 5.97 Å². The van der Waals surface area contributed by atoms with Gasteiger partial charge in [0.15, 0.2) is 18.0 Å². The van der Waals surface area contributed by atoms with Crippen LogP contribution in [0.15, 0.2) is 65.3 Å². The number of rotatable bonds is 3. The lowest BCUT2D eigenvalue weighted by Gasteiger charge is -2.04. The van der Waals surface area contributed by atoms with Crippen LogP contribution in [0.25, 0.3) is 27.8 Å². The van der Waals surface area contributed by atoms with Crippen LogP contribution in [-0.2, 0) is 4.74 Å². The Labute approximate surface area is 138 Å². The van der Waals surface area contributed by atoms with Gasteiger partial charge in [-0.3, -0.25) is 0 Å². The Morgan fingerprint density at radius 2 is 1.92 bits per heavy atom. The van der Waals surface area contributed by atoms with Crippen molar-refractivity contribution in [3.63, 3.8) is 0 Å². The number of hydrogen-bond acceptors (Lipinski definition) is 4. The van der Waals surface area contributed by atoms with E-state index in [1.165, 1.54) is 0 Å². The first-order valence-corrected chi connectivity index (χ1v) is 7.74. The minimum absolute atomic E-state index is 0.270. The Hall–Kier alpha value is -3.21. The van der Waals surface area contributed by atoms with Crippen LogP contribution in [0, 0.1) is 0 Å². The second kappa shape index (κ2) is 5.77. The molecule has 0 N–H and O–H groups in total. The van der Waals surface area contributed by atoms with E-state index < -0.39 is 5.97 Å². The van der Waals surface area contributed by atoms with Crippen LogP contribution in [-0.4, -0.2) is 17.6 Å². The molecule has 0 amide bonds. The lowest BCUT2D eigenvalue weighted by molar-refractivity contribution is -0.596. The van der Waals surface area contributed by atoms with Gasteiger partial charge in [-0.1, -0.05) is 18.2 Å². The molecule has 0 unspecified atom stereocenters. The average Bonchev–Trinajstić information content (AvgIpc) is 2.99. The topological polar surface area (TPSA) is 56.2 Å². The van der Waals surface area contributed by atoms with Crippen molar-refractivity contribution >= 4 is 28.0 Å². The molecule has 0 aliphatic heterocycles. The fourth-order valence-corrected chi connectivity index (χ4v) is 2.73. The van der Waals surface area contributed by atoms with Crippen molar-refractivity contribution in [1.82, 2.24) is 4.98 Å². The van der Waals surface area contributed by atoms with Gasteiger partial charge in [-0.2, -0.15) is 4.57 Å². The molecule has 0 radical (unpaired) electrons. The number of benzene rings is 1. The molecule has 4 aromatic rings. The van der Waals surface area contributed by atoms with E-state index in [0.29, 0.717) is 23.4 Å². The van der Waals surface area contributed by atoms with Crippen LogP contribution in [0.4, 0.5) is 0 Å². The number of nitrogens with zero attached hydrogens (tertiary/aromatic N) is 2. The molecule has 0 saturated carbocycles. The van der Waals surface area contributed by atoms with Crippen molar-refractivity contribution in [2.45, 2.75) is 6.92 Å². The molecular weight excluding hydrogens is 304 g/mol. The molecule has 24 heavy (non-hydrogen) atoms. The van der Waals surface area contributed by atoms with E-state index >= 15 is 0 Å². The number of carbonyl (C=O) groups excluding carboxylic acids is 1. The molecule has 0 spiro atoms. The van der Waals surface area contributed by atoms with Crippen molar-refractivity contribution in [2.24, 2.45) is 0 Å². The SMILES string of the molecule is CCOC(=O)c1nc2c(cc1-[n+]1ccccc1)oc1ccccc12. The Bertz CT molecular complexity index is 1040. The highest BCUT2D eigenvalue weighted by Crippen LogP contribution is 2.28. The number of fused-ring (bicyclic) bond motifs is 3. The van der Waals surface area contributed by atoms with Gasteiger partial charge in [0.1, 0.15) is 11.1 Å². The molecule has 3 heterocycles. The summed E-state index contributed by atoms with van der Waals surface area (Å²) in [5.41, 5.74) is 2.93. The molecule has 3 aromatic heterocycles. The number of hydrogen-bond donors (Lipinski definition) is 0. The summed E-state index contributed by atoms with van der Waals surface area (Å²) in [6.45, 7) is 2.07. The normalized spacial score (nSPS) is 11.0. The zero-order valence-electron chi connectivity index (χ0n) is 13.1. The van der Waals surface area contributed by atoms with Crippen LogP contribution in [0.2, 0.25) is 0 Å². The van der Waals surface area contributed by atoms with Crippen LogP contribution in [0.1, 0.15) is 17.4 Å². The molecular formula is C19H15N2O3+. The van der Waals surface area contributed by atoms with E-state index in [2.05, 4.69) is 4.98 Å². The third-order valence-electron chi connectivity index (χ3n) is 3.79. The molecule has 0 bridgehead atoms. The number of esters is 1. The predicted molar refractivity (Wildman–Crippen MR) is 89.0 cm³/mol. The van der Waals surface area contributed by atoms with Crippen molar-refractivity contribution in [1.29, 1.82) is 0 Å². The Morgan fingerprint density at radius 1 is 1.12 bits per heavy atom. The zero-order valence-corrected chi connectivity index (χ0v) is 13.1. The maximum absolute atomic E-state index is 12.4. The smallest absolute Gasteiger partial charge is 0.363 e. The van der Waals surface area contributed by atoms with E-state index in [0.717, 1.165) is 11.0 Å². The maximum atomic E-state index is 12.4. The van der Waals surface area contributed by atoms with E-state index in [4.69, 9.17) is 9.15 Å². The number of furan rings is 1. The van der Waals surface area contributed by atoms with Crippen LogP contribution in [0.5, 0.6) is 0 Å². The number of ether oxygens (including phenoxy) is 1. The molecule has 1 aromatic carbocycles. The van der Waals surface area contributed by atoms with Crippen LogP contribution in [0.3, 0.4) is 0 Å². The van der Waals surface area contributed by atoms with E-state index in [-0.39, 0.29) is 5.69 Å². The lowest BCUT2D eigenvalue weighted by atomic mass is 10.2. The molecule has 0 fully saturated rings. The number of pyridine rings is 2. The molecule has 4 rings (SSSR count). The fraction of sp³-hybridized carbons (Fsp3) is 0.105. The van der Waals surface area contributed by atoms with E-state index in [1.807, 2.05) is 65.5 Å². The van der Waals surface area contributed by atoms with E-state index in [9.17, 15) is 4.79 Å². The average molecular weight is 319 g/mol. The van der Waals surface area contributed by atoms with Gasteiger partial charge < -0.3 is 9.15 Å². The summed E-state index contributed by atoms with van der Waals surface area (Å²) in [6.07, 6.45) is 3.71. The second-order valence-corrected chi connectivity index (χ2v) is 5.30. The first-order chi connectivity index (χ1) is 11.8. The largest absolute Gasteiger partial charge is 0.461 e. The summed E-state index contributed by atoms with van der Waals surface area (Å²) in [5, 5.41) is 0.877. The lowest BCUT2D eigenvalue weighted by Crippen LogP contribution is -2.32. The number of para-hydroxylation sites is 1. The highest BCUT2D eigenvalue weighted by Gasteiger charge is 2.25. The minimum atomic E-state index is -0.448. The molecule has 118 valence electrons. The molecule has 5 nitrogen and oxygen atoms in total. The van der Waals surface area contributed by atoms with Gasteiger partial charge in [0.05, 0.1) is 12.7 Å². The fourth-order valence-electron chi connectivity index (χ4n) is 2.73. The minimum Gasteiger partial charge on any atom is -0.461 e. The summed E-state index contributed by atoms with van der Waals surface area (Å²) < 4.78 is 12.9. The van der Waals surface area contributed by atoms with Gasteiger partial charge in [0, 0.05) is 17.5 Å². The molecule has 0 atom stereocenters. The summed E-state index contributed by atoms with van der Waals surface area (Å²) in [4.78, 5) is 17.0. The summed E-state index contributed by atoms with van der Waals surface area (Å²) in [5.74, 6) is -0.448. The van der Waals surface area contributed by atoms with Crippen LogP contribution >= 0.6 is 0 Å². The monoisotopic (exact) mass is 319 g/mol. The zero-order chi connectivity index (χ0) is 16.5. The maximum Gasteiger partial charge on any atom is 0.363 e. The summed E-state index contributed by atoms with van der Waals surface area (Å²) in [6, 6.07) is 15.2. The Morgan fingerprint density at radius 3 is 2.71 bits per heavy atom. The molecule has 0 aliphatic carbocycles. The summed E-state index contributed by atoms with van der Waals surface area (Å²) >= 11 is 0. The third kappa shape index (κ3) is 2.31. The first kappa shape index (κ1) is 14.4. The Kier molecular flexibility index (Phi) is 3.46. The van der Waals surface area contributed by atoms with Crippen molar-refractivity contribution in [3.8, 4) is 5.69 Å².